The van der Waals surface area contributed by atoms with E-state index in [1.807, 2.05) is 0 Å². The van der Waals surface area contributed by atoms with E-state index in [4.69, 9.17) is 9.47 Å². The third-order valence-corrected chi connectivity index (χ3v) is 11.4. The van der Waals surface area contributed by atoms with Gasteiger partial charge in [-0.1, -0.05) is 158 Å². The Bertz CT molecular complexity index is 2730. The molecule has 2 aliphatic rings. The molecule has 0 aliphatic carbocycles. The highest BCUT2D eigenvalue weighted by molar-refractivity contribution is 6.98. The second-order valence-electron chi connectivity index (χ2n) is 14.9. The zero-order valence-electron chi connectivity index (χ0n) is 32.2. The van der Waals surface area contributed by atoms with Gasteiger partial charge in [0.05, 0.1) is 11.4 Å². The molecular formula is C54H37BN2O2. The van der Waals surface area contributed by atoms with Crippen LogP contribution in [0.2, 0.25) is 0 Å². The lowest BCUT2D eigenvalue weighted by atomic mass is 9.34. The molecule has 0 radical (unpaired) electrons. The first kappa shape index (κ1) is 34.5. The van der Waals surface area contributed by atoms with E-state index in [1.54, 1.807) is 0 Å². The topological polar surface area (TPSA) is 24.9 Å². The number of para-hydroxylation sites is 4. The number of ether oxygens (including phenoxy) is 2. The fourth-order valence-corrected chi connectivity index (χ4v) is 8.65. The van der Waals surface area contributed by atoms with Crippen molar-refractivity contribution < 1.29 is 9.47 Å². The van der Waals surface area contributed by atoms with E-state index >= 15 is 0 Å². The molecule has 59 heavy (non-hydrogen) atoms. The van der Waals surface area contributed by atoms with Gasteiger partial charge < -0.3 is 19.3 Å². The minimum Gasteiger partial charge on any atom is -0.456 e. The molecular weight excluding hydrogens is 719 g/mol. The lowest BCUT2D eigenvalue weighted by Gasteiger charge is -2.39. The smallest absolute Gasteiger partial charge is 0.260 e. The number of anilines is 6. The molecule has 2 aliphatic heterocycles. The highest BCUT2D eigenvalue weighted by atomic mass is 16.5. The first-order chi connectivity index (χ1) is 29.3. The van der Waals surface area contributed by atoms with Crippen LogP contribution in [-0.4, -0.2) is 6.71 Å². The van der Waals surface area contributed by atoms with Gasteiger partial charge in [0.25, 0.3) is 6.71 Å². The molecule has 0 aromatic heterocycles. The van der Waals surface area contributed by atoms with Crippen LogP contribution in [-0.2, 0) is 0 Å². The summed E-state index contributed by atoms with van der Waals surface area (Å²) in [6.07, 6.45) is 0. The number of benzene rings is 9. The van der Waals surface area contributed by atoms with Crippen molar-refractivity contribution in [2.75, 3.05) is 9.80 Å². The van der Waals surface area contributed by atoms with Crippen LogP contribution in [0.3, 0.4) is 0 Å². The Morgan fingerprint density at radius 2 is 0.627 bits per heavy atom. The van der Waals surface area contributed by atoms with E-state index in [9.17, 15) is 0 Å². The summed E-state index contributed by atoms with van der Waals surface area (Å²) < 4.78 is 14.3. The molecule has 4 nitrogen and oxygen atoms in total. The van der Waals surface area contributed by atoms with Crippen molar-refractivity contribution in [1.82, 2.24) is 0 Å². The Kier molecular flexibility index (Phi) is 8.56. The monoisotopic (exact) mass is 756 g/mol. The van der Waals surface area contributed by atoms with E-state index in [1.165, 1.54) is 11.1 Å². The van der Waals surface area contributed by atoms with Gasteiger partial charge in [-0.05, 0) is 99.9 Å². The number of hydrogen-bond acceptors (Lipinski definition) is 4. The third-order valence-electron chi connectivity index (χ3n) is 11.4. The summed E-state index contributed by atoms with van der Waals surface area (Å²) in [5, 5.41) is 0. The quantitative estimate of drug-likeness (QED) is 0.144. The van der Waals surface area contributed by atoms with Crippen LogP contribution in [0.25, 0.3) is 22.3 Å². The van der Waals surface area contributed by atoms with E-state index in [0.717, 1.165) is 84.6 Å². The van der Waals surface area contributed by atoms with Crippen LogP contribution >= 0.6 is 0 Å². The third kappa shape index (κ3) is 6.12. The Morgan fingerprint density at radius 1 is 0.305 bits per heavy atom. The maximum absolute atomic E-state index is 7.16. The Hall–Kier alpha value is -7.76. The molecule has 278 valence electrons. The average Bonchev–Trinajstić information content (AvgIpc) is 3.32. The van der Waals surface area contributed by atoms with Crippen molar-refractivity contribution in [3.8, 4) is 45.3 Å². The lowest BCUT2D eigenvalue weighted by molar-refractivity contribution is 0.466. The van der Waals surface area contributed by atoms with Crippen LogP contribution in [0.4, 0.5) is 34.1 Å². The first-order valence-corrected chi connectivity index (χ1v) is 20.0. The zero-order chi connectivity index (χ0) is 39.1. The lowest BCUT2D eigenvalue weighted by Crippen LogP contribution is -2.57. The van der Waals surface area contributed by atoms with Crippen molar-refractivity contribution in [2.24, 2.45) is 0 Å². The molecule has 0 saturated carbocycles. The minimum absolute atomic E-state index is 0.134. The average molecular weight is 757 g/mol. The van der Waals surface area contributed by atoms with Gasteiger partial charge in [-0.25, -0.2) is 0 Å². The summed E-state index contributed by atoms with van der Waals surface area (Å²) in [5.74, 6) is 3.21. The van der Waals surface area contributed by atoms with Gasteiger partial charge in [-0.2, -0.15) is 0 Å². The van der Waals surface area contributed by atoms with E-state index in [0.29, 0.717) is 0 Å². The molecule has 2 heterocycles. The summed E-state index contributed by atoms with van der Waals surface area (Å²) in [7, 11) is 0. The Labute approximate surface area is 344 Å². The van der Waals surface area contributed by atoms with E-state index in [-0.39, 0.29) is 6.71 Å². The first-order valence-electron chi connectivity index (χ1n) is 20.0. The largest absolute Gasteiger partial charge is 0.456 e. The molecule has 0 fully saturated rings. The molecule has 0 bridgehead atoms. The fourth-order valence-electron chi connectivity index (χ4n) is 8.65. The summed E-state index contributed by atoms with van der Waals surface area (Å²) in [5.41, 5.74) is 13.7. The van der Waals surface area contributed by atoms with E-state index < -0.39 is 0 Å². The molecule has 0 amide bonds. The fraction of sp³-hybridized carbons (Fsp3) is 0. The predicted molar refractivity (Wildman–Crippen MR) is 244 cm³/mol. The second kappa shape index (κ2) is 14.6. The van der Waals surface area contributed by atoms with E-state index in [2.05, 4.69) is 234 Å². The van der Waals surface area contributed by atoms with Crippen LogP contribution in [0.1, 0.15) is 0 Å². The zero-order valence-corrected chi connectivity index (χ0v) is 32.2. The van der Waals surface area contributed by atoms with Gasteiger partial charge >= 0.3 is 0 Å². The standard InChI is InChI=1S/C54H37BN2O2/c1-5-17-38(18-6-1)40-29-33-44(34-30-40)56(42-21-9-3-10-22-42)48-37-49(57(43-23-11-4-12-24-43)45-35-31-41(32-36-45)39-19-7-2-8-20-39)54-52-53(48)58-50-27-15-13-25-46(50)55(52)47-26-14-16-28-51(47)59-54/h1-37H. The van der Waals surface area contributed by atoms with Gasteiger partial charge in [0, 0.05) is 28.2 Å². The molecule has 0 spiro atoms. The maximum Gasteiger partial charge on any atom is 0.260 e. The molecule has 0 atom stereocenters. The molecule has 11 rings (SSSR count). The number of nitrogens with zero attached hydrogens (tertiary/aromatic N) is 2. The van der Waals surface area contributed by atoms with Crippen molar-refractivity contribution in [2.45, 2.75) is 0 Å². The van der Waals surface area contributed by atoms with Crippen LogP contribution in [0, 0.1) is 0 Å². The predicted octanol–water partition coefficient (Wildman–Crippen LogP) is 12.7. The molecule has 0 unspecified atom stereocenters. The minimum atomic E-state index is -0.134. The summed E-state index contributed by atoms with van der Waals surface area (Å²) >= 11 is 0. The molecule has 9 aromatic carbocycles. The highest BCUT2D eigenvalue weighted by Gasteiger charge is 2.44. The molecule has 9 aromatic rings. The van der Waals surface area contributed by atoms with Gasteiger partial charge in [-0.15, -0.1) is 0 Å². The highest BCUT2D eigenvalue weighted by Crippen LogP contribution is 2.52. The molecule has 0 saturated heterocycles. The van der Waals surface area contributed by atoms with Gasteiger partial charge in [0.2, 0.25) is 0 Å². The van der Waals surface area contributed by atoms with Crippen molar-refractivity contribution >= 4 is 57.2 Å². The number of hydrogen-bond donors (Lipinski definition) is 0. The Balaban J connectivity index is 1.19. The van der Waals surface area contributed by atoms with Crippen molar-refractivity contribution in [1.29, 1.82) is 0 Å². The molecule has 0 N–H and O–H groups in total. The van der Waals surface area contributed by atoms with Gasteiger partial charge in [0.15, 0.2) is 11.5 Å². The maximum atomic E-state index is 7.16. The van der Waals surface area contributed by atoms with Gasteiger partial charge in [0.1, 0.15) is 11.5 Å². The SMILES string of the molecule is c1ccc(-c2ccc(N(c3ccccc3)c3cc(N(c4ccccc4)c4ccc(-c5ccccc5)cc4)c4c5c3Oc3ccccc3B5c3ccccc3O4)cc2)cc1. The second-order valence-corrected chi connectivity index (χ2v) is 14.9. The Morgan fingerprint density at radius 3 is 1.03 bits per heavy atom. The van der Waals surface area contributed by atoms with Crippen molar-refractivity contribution in [3.05, 3.63) is 224 Å². The number of rotatable bonds is 8. The summed E-state index contributed by atoms with van der Waals surface area (Å²) in [6.45, 7) is -0.134. The van der Waals surface area contributed by atoms with Crippen LogP contribution in [0.15, 0.2) is 224 Å². The molecule has 5 heteroatoms. The van der Waals surface area contributed by atoms with Crippen LogP contribution in [0.5, 0.6) is 23.0 Å². The van der Waals surface area contributed by atoms with Crippen molar-refractivity contribution in [3.63, 3.8) is 0 Å². The summed E-state index contributed by atoms with van der Waals surface area (Å²) in [6, 6.07) is 78.9. The van der Waals surface area contributed by atoms with Gasteiger partial charge in [-0.3, -0.25) is 0 Å². The number of fused-ring (bicyclic) bond motifs is 4. The normalized spacial score (nSPS) is 12.0. The van der Waals surface area contributed by atoms with Crippen LogP contribution < -0.4 is 35.7 Å². The summed E-state index contributed by atoms with van der Waals surface area (Å²) in [4.78, 5) is 4.64.